The molecule has 5 heteroatoms. The maximum absolute atomic E-state index is 11.5. The van der Waals surface area contributed by atoms with Crippen LogP contribution in [-0.2, 0) is 14.3 Å². The minimum Gasteiger partial charge on any atom is -0.384 e. The van der Waals surface area contributed by atoms with Gasteiger partial charge >= 0.3 is 0 Å². The third-order valence-electron chi connectivity index (χ3n) is 2.22. The number of hydrogen-bond donors (Lipinski definition) is 2. The van der Waals surface area contributed by atoms with Crippen LogP contribution in [0.5, 0.6) is 0 Å². The molecule has 5 nitrogen and oxygen atoms in total. The Kier molecular flexibility index (Phi) is 9.18. The van der Waals surface area contributed by atoms with Gasteiger partial charge in [-0.05, 0) is 12.8 Å². The quantitative estimate of drug-likeness (QED) is 0.550. The van der Waals surface area contributed by atoms with Crippen LogP contribution in [0, 0.1) is 5.92 Å². The lowest BCUT2D eigenvalue weighted by molar-refractivity contribution is -0.123. The Morgan fingerprint density at radius 1 is 1.25 bits per heavy atom. The van der Waals surface area contributed by atoms with Crippen molar-refractivity contribution in [3.8, 4) is 0 Å². The largest absolute Gasteiger partial charge is 0.384 e. The molecule has 0 saturated heterocycles. The summed E-state index contributed by atoms with van der Waals surface area (Å²) in [6, 6.07) is -0.184. The summed E-state index contributed by atoms with van der Waals surface area (Å²) in [7, 11) is 3.29. The lowest BCUT2D eigenvalue weighted by Gasteiger charge is -2.17. The van der Waals surface area contributed by atoms with Gasteiger partial charge in [-0.3, -0.25) is 4.79 Å². The van der Waals surface area contributed by atoms with Crippen molar-refractivity contribution in [3.05, 3.63) is 0 Å². The molecule has 1 amide bonds. The predicted molar refractivity (Wildman–Crippen MR) is 63.4 cm³/mol. The zero-order chi connectivity index (χ0) is 12.4. The Balaban J connectivity index is 3.62. The van der Waals surface area contributed by atoms with Gasteiger partial charge in [-0.25, -0.2) is 0 Å². The van der Waals surface area contributed by atoms with Crippen LogP contribution in [0.15, 0.2) is 0 Å². The highest BCUT2D eigenvalue weighted by Crippen LogP contribution is 1.93. The summed E-state index contributed by atoms with van der Waals surface area (Å²) in [4.78, 5) is 11.5. The summed E-state index contributed by atoms with van der Waals surface area (Å²) in [5.74, 6) is 0.404. The molecule has 0 aliphatic carbocycles. The molecular formula is C11H24N2O3. The van der Waals surface area contributed by atoms with E-state index in [2.05, 4.69) is 17.6 Å². The van der Waals surface area contributed by atoms with E-state index in [-0.39, 0.29) is 11.9 Å². The fourth-order valence-corrected chi connectivity index (χ4v) is 1.24. The van der Waals surface area contributed by atoms with Gasteiger partial charge in [-0.15, -0.1) is 0 Å². The first-order valence-corrected chi connectivity index (χ1v) is 5.60. The van der Waals surface area contributed by atoms with Crippen LogP contribution < -0.4 is 10.6 Å². The molecule has 96 valence electrons. The average Bonchev–Trinajstić information content (AvgIpc) is 2.26. The topological polar surface area (TPSA) is 59.6 Å². The highest BCUT2D eigenvalue weighted by atomic mass is 16.5. The number of nitrogens with one attached hydrogen (secondary N) is 2. The van der Waals surface area contributed by atoms with Crippen molar-refractivity contribution in [2.75, 3.05) is 40.5 Å². The fourth-order valence-electron chi connectivity index (χ4n) is 1.24. The fraction of sp³-hybridized carbons (Fsp3) is 0.909. The molecule has 0 aromatic carbocycles. The van der Waals surface area contributed by atoms with Crippen molar-refractivity contribution in [2.24, 2.45) is 5.92 Å². The van der Waals surface area contributed by atoms with Crippen LogP contribution >= 0.6 is 0 Å². The van der Waals surface area contributed by atoms with Gasteiger partial charge in [-0.2, -0.15) is 0 Å². The third kappa shape index (κ3) is 7.62. The van der Waals surface area contributed by atoms with Crippen LogP contribution in [0.2, 0.25) is 0 Å². The van der Waals surface area contributed by atoms with E-state index in [1.165, 1.54) is 0 Å². The molecule has 0 spiro atoms. The summed E-state index contributed by atoms with van der Waals surface area (Å²) in [5, 5.41) is 5.94. The molecule has 0 aliphatic heterocycles. The van der Waals surface area contributed by atoms with E-state index in [0.29, 0.717) is 25.7 Å². The van der Waals surface area contributed by atoms with E-state index in [9.17, 15) is 4.79 Å². The van der Waals surface area contributed by atoms with Gasteiger partial charge in [0.15, 0.2) is 0 Å². The standard InChI is InChI=1S/C11H24N2O3/c1-9(8-16-4)7-13-10(2)11(14)12-5-6-15-3/h9-10,13H,5-8H2,1-4H3,(H,12,14). The summed E-state index contributed by atoms with van der Waals surface area (Å²) in [6.07, 6.45) is 0. The van der Waals surface area contributed by atoms with Crippen LogP contribution in [-0.4, -0.2) is 52.5 Å². The number of carbonyl (C=O) groups is 1. The van der Waals surface area contributed by atoms with Gasteiger partial charge in [-0.1, -0.05) is 6.92 Å². The van der Waals surface area contributed by atoms with Gasteiger partial charge in [0.25, 0.3) is 0 Å². The Morgan fingerprint density at radius 2 is 1.94 bits per heavy atom. The summed E-state index contributed by atoms with van der Waals surface area (Å²) in [6.45, 7) is 6.49. The first kappa shape index (κ1) is 15.3. The Morgan fingerprint density at radius 3 is 2.50 bits per heavy atom. The van der Waals surface area contributed by atoms with Gasteiger partial charge in [0.05, 0.1) is 12.6 Å². The Labute approximate surface area is 97.9 Å². The first-order chi connectivity index (χ1) is 7.61. The van der Waals surface area contributed by atoms with Crippen molar-refractivity contribution >= 4 is 5.91 Å². The minimum atomic E-state index is -0.184. The molecule has 2 atom stereocenters. The summed E-state index contributed by atoms with van der Waals surface area (Å²) >= 11 is 0. The molecule has 0 fully saturated rings. The maximum atomic E-state index is 11.5. The minimum absolute atomic E-state index is 0.00154. The van der Waals surface area contributed by atoms with Crippen LogP contribution in [0.25, 0.3) is 0 Å². The van der Waals surface area contributed by atoms with Crippen molar-refractivity contribution in [2.45, 2.75) is 19.9 Å². The van der Waals surface area contributed by atoms with Crippen LogP contribution in [0.1, 0.15) is 13.8 Å². The number of hydrogen-bond acceptors (Lipinski definition) is 4. The van der Waals surface area contributed by atoms with Crippen molar-refractivity contribution < 1.29 is 14.3 Å². The lowest BCUT2D eigenvalue weighted by atomic mass is 10.2. The second-order valence-corrected chi connectivity index (χ2v) is 3.97. The molecule has 0 radical (unpaired) electrons. The van der Waals surface area contributed by atoms with E-state index in [0.717, 1.165) is 6.54 Å². The summed E-state index contributed by atoms with van der Waals surface area (Å²) in [5.41, 5.74) is 0. The molecule has 16 heavy (non-hydrogen) atoms. The van der Waals surface area contributed by atoms with E-state index in [1.54, 1.807) is 14.2 Å². The van der Waals surface area contributed by atoms with Crippen molar-refractivity contribution in [1.29, 1.82) is 0 Å². The van der Waals surface area contributed by atoms with E-state index in [1.807, 2.05) is 6.92 Å². The normalized spacial score (nSPS) is 14.5. The van der Waals surface area contributed by atoms with E-state index in [4.69, 9.17) is 9.47 Å². The predicted octanol–water partition coefficient (Wildman–Crippen LogP) is 0.00960. The highest BCUT2D eigenvalue weighted by molar-refractivity contribution is 5.81. The molecular weight excluding hydrogens is 208 g/mol. The zero-order valence-corrected chi connectivity index (χ0v) is 10.7. The molecule has 2 N–H and O–H groups in total. The summed E-state index contributed by atoms with van der Waals surface area (Å²) < 4.78 is 9.87. The molecule has 0 heterocycles. The first-order valence-electron chi connectivity index (χ1n) is 5.60. The molecule has 0 aliphatic rings. The van der Waals surface area contributed by atoms with Gasteiger partial charge in [0, 0.05) is 33.9 Å². The Hall–Kier alpha value is -0.650. The lowest BCUT2D eigenvalue weighted by Crippen LogP contribution is -2.44. The third-order valence-corrected chi connectivity index (χ3v) is 2.22. The van der Waals surface area contributed by atoms with Crippen LogP contribution in [0.3, 0.4) is 0 Å². The second kappa shape index (κ2) is 9.57. The van der Waals surface area contributed by atoms with Gasteiger partial charge < -0.3 is 20.1 Å². The zero-order valence-electron chi connectivity index (χ0n) is 10.7. The average molecular weight is 232 g/mol. The number of rotatable bonds is 9. The molecule has 0 aromatic rings. The number of methoxy groups -OCH3 is 2. The Bertz CT molecular complexity index is 188. The monoisotopic (exact) mass is 232 g/mol. The number of amides is 1. The van der Waals surface area contributed by atoms with E-state index < -0.39 is 0 Å². The molecule has 2 unspecified atom stereocenters. The molecule has 0 bridgehead atoms. The van der Waals surface area contributed by atoms with Gasteiger partial charge in [0.2, 0.25) is 5.91 Å². The number of ether oxygens (including phenoxy) is 2. The van der Waals surface area contributed by atoms with Crippen molar-refractivity contribution in [1.82, 2.24) is 10.6 Å². The SMILES string of the molecule is COCCNC(=O)C(C)NCC(C)COC. The second-order valence-electron chi connectivity index (χ2n) is 3.97. The van der Waals surface area contributed by atoms with Gasteiger partial charge in [0.1, 0.15) is 0 Å². The number of carbonyl (C=O) groups excluding carboxylic acids is 1. The molecule has 0 rings (SSSR count). The van der Waals surface area contributed by atoms with Crippen molar-refractivity contribution in [3.63, 3.8) is 0 Å². The van der Waals surface area contributed by atoms with Crippen LogP contribution in [0.4, 0.5) is 0 Å². The van der Waals surface area contributed by atoms with E-state index >= 15 is 0 Å². The maximum Gasteiger partial charge on any atom is 0.236 e. The highest BCUT2D eigenvalue weighted by Gasteiger charge is 2.12. The molecule has 0 saturated carbocycles. The molecule has 0 aromatic heterocycles. The smallest absolute Gasteiger partial charge is 0.236 e.